The summed E-state index contributed by atoms with van der Waals surface area (Å²) >= 11 is 6.30. The van der Waals surface area contributed by atoms with Gasteiger partial charge in [0.1, 0.15) is 24.2 Å². The van der Waals surface area contributed by atoms with E-state index in [4.69, 9.17) is 16.3 Å². The summed E-state index contributed by atoms with van der Waals surface area (Å²) < 4.78 is 48.5. The average Bonchev–Trinajstić information content (AvgIpc) is 3.06. The molecule has 0 fully saturated rings. The molecule has 0 unspecified atom stereocenters. The van der Waals surface area contributed by atoms with Crippen molar-refractivity contribution in [3.8, 4) is 5.75 Å². The standard InChI is InChI=1S/C36H39ClFN3O5S/c1-3-5-22-39-36(43)34(24-27-10-7-6-8-11-27)40(25-28-12-9-13-29(37)23-28)35(42)26-41(31-16-18-32(19-17-31)46-4-2)47(44,45)33-20-14-30(38)15-21-33/h6-21,23,34H,3-5,22,24-26H2,1-2H3,(H,39,43)/t34-/m1/s1. The highest BCUT2D eigenvalue weighted by molar-refractivity contribution is 7.92. The minimum absolute atomic E-state index is 0.00813. The van der Waals surface area contributed by atoms with Crippen molar-refractivity contribution in [2.45, 2.75) is 50.6 Å². The molecule has 47 heavy (non-hydrogen) atoms. The summed E-state index contributed by atoms with van der Waals surface area (Å²) in [5, 5.41) is 3.42. The number of amides is 2. The van der Waals surface area contributed by atoms with Gasteiger partial charge in [0.15, 0.2) is 0 Å². The molecule has 0 saturated heterocycles. The van der Waals surface area contributed by atoms with Gasteiger partial charge in [0.05, 0.1) is 17.2 Å². The maximum atomic E-state index is 14.5. The van der Waals surface area contributed by atoms with Gasteiger partial charge in [-0.3, -0.25) is 13.9 Å². The topological polar surface area (TPSA) is 96.0 Å². The molecule has 0 aromatic heterocycles. The van der Waals surface area contributed by atoms with Crippen LogP contribution in [0.3, 0.4) is 0 Å². The number of unbranched alkanes of at least 4 members (excludes halogenated alkanes) is 1. The molecule has 2 amide bonds. The first-order chi connectivity index (χ1) is 22.6. The van der Waals surface area contributed by atoms with Crippen molar-refractivity contribution in [3.05, 3.63) is 125 Å². The monoisotopic (exact) mass is 679 g/mol. The van der Waals surface area contributed by atoms with Crippen LogP contribution in [0, 0.1) is 5.82 Å². The highest BCUT2D eigenvalue weighted by Gasteiger charge is 2.34. The molecular formula is C36H39ClFN3O5S. The van der Waals surface area contributed by atoms with Gasteiger partial charge in [-0.1, -0.05) is 67.4 Å². The fourth-order valence-electron chi connectivity index (χ4n) is 5.03. The molecule has 0 aliphatic rings. The van der Waals surface area contributed by atoms with Crippen LogP contribution in [0.25, 0.3) is 0 Å². The molecule has 0 spiro atoms. The minimum atomic E-state index is -4.37. The fraction of sp³-hybridized carbons (Fsp3) is 0.278. The number of hydrogen-bond acceptors (Lipinski definition) is 5. The molecular weight excluding hydrogens is 641 g/mol. The Morgan fingerprint density at radius 2 is 1.57 bits per heavy atom. The number of sulfonamides is 1. The molecule has 0 saturated carbocycles. The van der Waals surface area contributed by atoms with Crippen LogP contribution in [0.5, 0.6) is 5.75 Å². The lowest BCUT2D eigenvalue weighted by atomic mass is 10.0. The fourth-order valence-corrected chi connectivity index (χ4v) is 6.66. The van der Waals surface area contributed by atoms with Gasteiger partial charge in [-0.25, -0.2) is 12.8 Å². The molecule has 4 aromatic carbocycles. The third kappa shape index (κ3) is 9.79. The van der Waals surface area contributed by atoms with Crippen molar-refractivity contribution in [3.63, 3.8) is 0 Å². The Balaban J connectivity index is 1.79. The number of carbonyl (C=O) groups is 2. The van der Waals surface area contributed by atoms with Crippen LogP contribution in [-0.4, -0.2) is 50.9 Å². The van der Waals surface area contributed by atoms with Crippen molar-refractivity contribution in [2.24, 2.45) is 0 Å². The van der Waals surface area contributed by atoms with Crippen LogP contribution in [-0.2, 0) is 32.6 Å². The second-order valence-electron chi connectivity index (χ2n) is 10.9. The lowest BCUT2D eigenvalue weighted by Crippen LogP contribution is -2.53. The molecule has 11 heteroatoms. The van der Waals surface area contributed by atoms with Gasteiger partial charge >= 0.3 is 0 Å². The zero-order valence-electron chi connectivity index (χ0n) is 26.4. The average molecular weight is 680 g/mol. The van der Waals surface area contributed by atoms with Crippen LogP contribution < -0.4 is 14.4 Å². The van der Waals surface area contributed by atoms with Gasteiger partial charge in [-0.15, -0.1) is 0 Å². The van der Waals surface area contributed by atoms with E-state index < -0.39 is 34.3 Å². The van der Waals surface area contributed by atoms with Crippen LogP contribution in [0.2, 0.25) is 5.02 Å². The predicted octanol–water partition coefficient (Wildman–Crippen LogP) is 6.63. The van der Waals surface area contributed by atoms with Crippen molar-refractivity contribution < 1.29 is 27.1 Å². The Kier molecular flexibility index (Phi) is 12.8. The lowest BCUT2D eigenvalue weighted by Gasteiger charge is -2.34. The number of benzene rings is 4. The van der Waals surface area contributed by atoms with Gasteiger partial charge in [0.25, 0.3) is 10.0 Å². The molecule has 1 atom stereocenters. The van der Waals surface area contributed by atoms with Crippen LogP contribution >= 0.6 is 11.6 Å². The van der Waals surface area contributed by atoms with E-state index in [9.17, 15) is 22.4 Å². The van der Waals surface area contributed by atoms with E-state index in [2.05, 4.69) is 5.32 Å². The Bertz CT molecular complexity index is 1720. The number of carbonyl (C=O) groups excluding carboxylic acids is 2. The zero-order chi connectivity index (χ0) is 33.8. The summed E-state index contributed by atoms with van der Waals surface area (Å²) in [7, 11) is -4.37. The molecule has 1 N–H and O–H groups in total. The molecule has 0 aliphatic heterocycles. The predicted molar refractivity (Wildman–Crippen MR) is 182 cm³/mol. The molecule has 8 nitrogen and oxygen atoms in total. The Morgan fingerprint density at radius 1 is 0.894 bits per heavy atom. The molecule has 0 bridgehead atoms. The summed E-state index contributed by atoms with van der Waals surface area (Å²) in [6.45, 7) is 4.04. The molecule has 0 heterocycles. The van der Waals surface area contributed by atoms with Gasteiger partial charge in [0, 0.05) is 24.5 Å². The summed E-state index contributed by atoms with van der Waals surface area (Å²) in [6, 6.07) is 26.0. The third-order valence-corrected chi connectivity index (χ3v) is 9.48. The zero-order valence-corrected chi connectivity index (χ0v) is 28.0. The summed E-state index contributed by atoms with van der Waals surface area (Å²) in [5.41, 5.74) is 1.69. The van der Waals surface area contributed by atoms with E-state index in [1.54, 1.807) is 48.5 Å². The molecule has 0 radical (unpaired) electrons. The first kappa shape index (κ1) is 35.4. The van der Waals surface area contributed by atoms with E-state index >= 15 is 0 Å². The molecule has 4 rings (SSSR count). The Labute approximate surface area is 281 Å². The smallest absolute Gasteiger partial charge is 0.264 e. The van der Waals surface area contributed by atoms with Crippen molar-refractivity contribution >= 4 is 39.1 Å². The van der Waals surface area contributed by atoms with Crippen molar-refractivity contribution in [1.82, 2.24) is 10.2 Å². The maximum Gasteiger partial charge on any atom is 0.264 e. The van der Waals surface area contributed by atoms with E-state index in [1.807, 2.05) is 44.2 Å². The highest BCUT2D eigenvalue weighted by Crippen LogP contribution is 2.27. The van der Waals surface area contributed by atoms with Gasteiger partial charge < -0.3 is 15.0 Å². The minimum Gasteiger partial charge on any atom is -0.494 e. The van der Waals surface area contributed by atoms with Gasteiger partial charge in [-0.2, -0.15) is 0 Å². The lowest BCUT2D eigenvalue weighted by molar-refractivity contribution is -0.140. The Hall–Kier alpha value is -4.41. The Morgan fingerprint density at radius 3 is 2.21 bits per heavy atom. The first-order valence-corrected chi connectivity index (χ1v) is 17.3. The number of anilines is 1. The molecule has 4 aromatic rings. The summed E-state index contributed by atoms with van der Waals surface area (Å²) in [4.78, 5) is 29.5. The maximum absolute atomic E-state index is 14.5. The van der Waals surface area contributed by atoms with Gasteiger partial charge in [0.2, 0.25) is 11.8 Å². The van der Waals surface area contributed by atoms with Crippen LogP contribution in [0.15, 0.2) is 108 Å². The van der Waals surface area contributed by atoms with E-state index in [1.165, 1.54) is 4.90 Å². The van der Waals surface area contributed by atoms with Gasteiger partial charge in [-0.05, 0) is 85.1 Å². The second-order valence-corrected chi connectivity index (χ2v) is 13.2. The highest BCUT2D eigenvalue weighted by atomic mass is 35.5. The summed E-state index contributed by atoms with van der Waals surface area (Å²) in [6.07, 6.45) is 1.82. The van der Waals surface area contributed by atoms with E-state index in [0.717, 1.165) is 47.0 Å². The number of ether oxygens (including phenoxy) is 1. The first-order valence-electron chi connectivity index (χ1n) is 15.5. The number of halogens is 2. The van der Waals surface area contributed by atoms with Crippen LogP contribution in [0.4, 0.5) is 10.1 Å². The number of nitrogens with zero attached hydrogens (tertiary/aromatic N) is 2. The summed E-state index contributed by atoms with van der Waals surface area (Å²) in [5.74, 6) is -1.04. The number of rotatable bonds is 16. The quantitative estimate of drug-likeness (QED) is 0.134. The number of nitrogens with one attached hydrogen (secondary N) is 1. The molecule has 0 aliphatic carbocycles. The third-order valence-electron chi connectivity index (χ3n) is 7.46. The van der Waals surface area contributed by atoms with Crippen molar-refractivity contribution in [1.29, 1.82) is 0 Å². The SMILES string of the molecule is CCCCNC(=O)[C@@H](Cc1ccccc1)N(Cc1cccc(Cl)c1)C(=O)CN(c1ccc(OCC)cc1)S(=O)(=O)c1ccc(F)cc1. The van der Waals surface area contributed by atoms with Crippen LogP contribution in [0.1, 0.15) is 37.8 Å². The van der Waals surface area contributed by atoms with E-state index in [-0.39, 0.29) is 29.5 Å². The van der Waals surface area contributed by atoms with Crippen molar-refractivity contribution in [2.75, 3.05) is 24.0 Å². The van der Waals surface area contributed by atoms with E-state index in [0.29, 0.717) is 29.5 Å². The molecule has 248 valence electrons. The normalized spacial score (nSPS) is 11.8. The second kappa shape index (κ2) is 16.9. The largest absolute Gasteiger partial charge is 0.494 e. The number of hydrogen-bond donors (Lipinski definition) is 1.